The largest absolute Gasteiger partial charge is 0.497 e. The standard InChI is InChI=1S/C26H20ClN3O6/c1-35-18-12-8-17(9-13-18)30-25(33)20(24(32)29-26(30)34)14-16-6-10-19(11-7-16)36-15-23(31)28-22-5-3-2-4-21(22)27/h2-14H,15H2,1H3,(H,28,31)(H,29,32,34)/b20-14+. The van der Waals surface area contributed by atoms with Gasteiger partial charge in [0.15, 0.2) is 6.61 Å². The van der Waals surface area contributed by atoms with E-state index in [-0.39, 0.29) is 23.8 Å². The van der Waals surface area contributed by atoms with E-state index in [0.717, 1.165) is 4.90 Å². The summed E-state index contributed by atoms with van der Waals surface area (Å²) in [6, 6.07) is 18.7. The van der Waals surface area contributed by atoms with Crippen molar-refractivity contribution >= 4 is 52.8 Å². The molecule has 182 valence electrons. The van der Waals surface area contributed by atoms with Gasteiger partial charge in [0, 0.05) is 0 Å². The number of hydrogen-bond acceptors (Lipinski definition) is 6. The molecular formula is C26H20ClN3O6. The minimum absolute atomic E-state index is 0.210. The van der Waals surface area contributed by atoms with E-state index < -0.39 is 17.8 Å². The van der Waals surface area contributed by atoms with Crippen LogP contribution in [0.3, 0.4) is 0 Å². The van der Waals surface area contributed by atoms with Gasteiger partial charge >= 0.3 is 6.03 Å². The molecule has 36 heavy (non-hydrogen) atoms. The fourth-order valence-electron chi connectivity index (χ4n) is 3.35. The van der Waals surface area contributed by atoms with Crippen LogP contribution in [-0.4, -0.2) is 37.5 Å². The molecule has 4 rings (SSSR count). The molecule has 0 bridgehead atoms. The number of nitrogens with zero attached hydrogens (tertiary/aromatic N) is 1. The minimum atomic E-state index is -0.842. The molecule has 0 spiro atoms. The summed E-state index contributed by atoms with van der Waals surface area (Å²) in [6.07, 6.45) is 1.37. The van der Waals surface area contributed by atoms with Gasteiger partial charge in [0.25, 0.3) is 17.7 Å². The molecule has 10 heteroatoms. The van der Waals surface area contributed by atoms with Gasteiger partial charge in [-0.1, -0.05) is 35.9 Å². The summed E-state index contributed by atoms with van der Waals surface area (Å²) in [4.78, 5) is 50.7. The molecule has 1 aliphatic rings. The van der Waals surface area contributed by atoms with E-state index in [9.17, 15) is 19.2 Å². The number of benzene rings is 3. The van der Waals surface area contributed by atoms with Crippen LogP contribution in [0, 0.1) is 0 Å². The van der Waals surface area contributed by atoms with Crippen molar-refractivity contribution in [3.8, 4) is 11.5 Å². The summed E-state index contributed by atoms with van der Waals surface area (Å²) in [7, 11) is 1.50. The molecule has 0 atom stereocenters. The van der Waals surface area contributed by atoms with E-state index in [1.165, 1.54) is 25.3 Å². The maximum Gasteiger partial charge on any atom is 0.335 e. The highest BCUT2D eigenvalue weighted by molar-refractivity contribution is 6.39. The second-order valence-electron chi connectivity index (χ2n) is 7.54. The van der Waals surface area contributed by atoms with Gasteiger partial charge in [-0.05, 0) is 60.2 Å². The van der Waals surface area contributed by atoms with Gasteiger partial charge in [-0.25, -0.2) is 9.69 Å². The number of hydrogen-bond donors (Lipinski definition) is 2. The fraction of sp³-hybridized carbons (Fsp3) is 0.0769. The Morgan fingerprint density at radius 2 is 1.64 bits per heavy atom. The third-order valence-electron chi connectivity index (χ3n) is 5.14. The van der Waals surface area contributed by atoms with Gasteiger partial charge in [0.05, 0.1) is 23.5 Å². The molecule has 0 saturated carbocycles. The number of amides is 5. The van der Waals surface area contributed by atoms with Gasteiger partial charge < -0.3 is 14.8 Å². The monoisotopic (exact) mass is 505 g/mol. The number of carbonyl (C=O) groups is 4. The van der Waals surface area contributed by atoms with Gasteiger partial charge in [-0.2, -0.15) is 0 Å². The molecule has 0 aromatic heterocycles. The summed E-state index contributed by atoms with van der Waals surface area (Å²) in [5.74, 6) is -0.987. The Bertz CT molecular complexity index is 1350. The zero-order chi connectivity index (χ0) is 25.7. The molecular weight excluding hydrogens is 486 g/mol. The van der Waals surface area contributed by atoms with Crippen molar-refractivity contribution in [3.05, 3.63) is 89.0 Å². The molecule has 5 amide bonds. The predicted molar refractivity (Wildman–Crippen MR) is 134 cm³/mol. The quantitative estimate of drug-likeness (QED) is 0.370. The number of anilines is 2. The molecule has 9 nitrogen and oxygen atoms in total. The van der Waals surface area contributed by atoms with E-state index >= 15 is 0 Å². The Morgan fingerprint density at radius 1 is 0.972 bits per heavy atom. The lowest BCUT2D eigenvalue weighted by Crippen LogP contribution is -2.54. The average molecular weight is 506 g/mol. The number of halogens is 1. The highest BCUT2D eigenvalue weighted by atomic mass is 35.5. The van der Waals surface area contributed by atoms with Crippen LogP contribution in [-0.2, 0) is 14.4 Å². The number of ether oxygens (including phenoxy) is 2. The Balaban J connectivity index is 1.43. The van der Waals surface area contributed by atoms with Crippen LogP contribution in [0.4, 0.5) is 16.2 Å². The van der Waals surface area contributed by atoms with E-state index in [0.29, 0.717) is 27.8 Å². The summed E-state index contributed by atoms with van der Waals surface area (Å²) in [6.45, 7) is -0.245. The molecule has 1 aliphatic heterocycles. The lowest BCUT2D eigenvalue weighted by molar-refractivity contribution is -0.122. The molecule has 3 aromatic rings. The first-order valence-electron chi connectivity index (χ1n) is 10.7. The second-order valence-corrected chi connectivity index (χ2v) is 7.95. The number of imide groups is 2. The van der Waals surface area contributed by atoms with Crippen LogP contribution < -0.4 is 25.0 Å². The lowest BCUT2D eigenvalue weighted by Gasteiger charge is -2.26. The van der Waals surface area contributed by atoms with Crippen molar-refractivity contribution in [1.82, 2.24) is 5.32 Å². The molecule has 0 aliphatic carbocycles. The number of para-hydroxylation sites is 1. The van der Waals surface area contributed by atoms with Crippen LogP contribution in [0.15, 0.2) is 78.4 Å². The number of barbiturate groups is 1. The molecule has 2 N–H and O–H groups in total. The maximum atomic E-state index is 13.0. The van der Waals surface area contributed by atoms with Crippen LogP contribution in [0.1, 0.15) is 5.56 Å². The molecule has 1 heterocycles. The Morgan fingerprint density at radius 3 is 2.31 bits per heavy atom. The van der Waals surface area contributed by atoms with Gasteiger partial charge in [-0.15, -0.1) is 0 Å². The van der Waals surface area contributed by atoms with E-state index in [2.05, 4.69) is 10.6 Å². The second kappa shape index (κ2) is 10.7. The molecule has 0 unspecified atom stereocenters. The van der Waals surface area contributed by atoms with E-state index in [1.807, 2.05) is 0 Å². The third kappa shape index (κ3) is 5.53. The van der Waals surface area contributed by atoms with Crippen molar-refractivity contribution in [1.29, 1.82) is 0 Å². The average Bonchev–Trinajstić information content (AvgIpc) is 2.87. The van der Waals surface area contributed by atoms with Crippen molar-refractivity contribution in [3.63, 3.8) is 0 Å². The predicted octanol–water partition coefficient (Wildman–Crippen LogP) is 4.03. The zero-order valence-electron chi connectivity index (χ0n) is 19.0. The van der Waals surface area contributed by atoms with Crippen molar-refractivity contribution in [2.24, 2.45) is 0 Å². The zero-order valence-corrected chi connectivity index (χ0v) is 19.7. The Labute approximate surface area is 211 Å². The van der Waals surface area contributed by atoms with Crippen LogP contribution in [0.5, 0.6) is 11.5 Å². The topological polar surface area (TPSA) is 114 Å². The molecule has 3 aromatic carbocycles. The Hall–Kier alpha value is -4.63. The molecule has 1 saturated heterocycles. The lowest BCUT2D eigenvalue weighted by atomic mass is 10.1. The normalized spacial score (nSPS) is 14.4. The number of methoxy groups -OCH3 is 1. The number of urea groups is 1. The Kier molecular flexibility index (Phi) is 7.31. The number of rotatable bonds is 7. The summed E-state index contributed by atoms with van der Waals surface area (Å²) >= 11 is 6.03. The fourth-order valence-corrected chi connectivity index (χ4v) is 3.53. The highest BCUT2D eigenvalue weighted by Crippen LogP contribution is 2.25. The molecule has 0 radical (unpaired) electrons. The SMILES string of the molecule is COc1ccc(N2C(=O)NC(=O)/C(=C\c3ccc(OCC(=O)Nc4ccccc4Cl)cc3)C2=O)cc1. The highest BCUT2D eigenvalue weighted by Gasteiger charge is 2.36. The molecule has 1 fully saturated rings. The first-order valence-corrected chi connectivity index (χ1v) is 11.1. The van der Waals surface area contributed by atoms with E-state index in [1.54, 1.807) is 60.7 Å². The minimum Gasteiger partial charge on any atom is -0.497 e. The summed E-state index contributed by atoms with van der Waals surface area (Å²) in [5.41, 5.74) is 1.08. The van der Waals surface area contributed by atoms with Gasteiger partial charge in [-0.3, -0.25) is 19.7 Å². The third-order valence-corrected chi connectivity index (χ3v) is 5.47. The smallest absolute Gasteiger partial charge is 0.335 e. The number of carbonyl (C=O) groups excluding carboxylic acids is 4. The van der Waals surface area contributed by atoms with Crippen LogP contribution >= 0.6 is 11.6 Å². The van der Waals surface area contributed by atoms with Gasteiger partial charge in [0.1, 0.15) is 17.1 Å². The first-order chi connectivity index (χ1) is 17.4. The summed E-state index contributed by atoms with van der Waals surface area (Å²) < 4.78 is 10.6. The van der Waals surface area contributed by atoms with Gasteiger partial charge in [0.2, 0.25) is 0 Å². The summed E-state index contributed by atoms with van der Waals surface area (Å²) in [5, 5.41) is 5.24. The van der Waals surface area contributed by atoms with Crippen molar-refractivity contribution in [2.75, 3.05) is 23.9 Å². The van der Waals surface area contributed by atoms with E-state index in [4.69, 9.17) is 21.1 Å². The maximum absolute atomic E-state index is 13.0. The van der Waals surface area contributed by atoms with Crippen molar-refractivity contribution < 1.29 is 28.7 Å². The van der Waals surface area contributed by atoms with Crippen LogP contribution in [0.2, 0.25) is 5.02 Å². The van der Waals surface area contributed by atoms with Crippen LogP contribution in [0.25, 0.3) is 6.08 Å². The number of nitrogens with one attached hydrogen (secondary N) is 2. The first kappa shape index (κ1) is 24.5. The van der Waals surface area contributed by atoms with Crippen molar-refractivity contribution in [2.45, 2.75) is 0 Å².